The second-order valence-corrected chi connectivity index (χ2v) is 6.57. The minimum atomic E-state index is -0.579. The van der Waals surface area contributed by atoms with Crippen LogP contribution in [0.4, 0.5) is 0 Å². The number of aliphatic hydroxyl groups excluding tert-OH is 1. The van der Waals surface area contributed by atoms with Gasteiger partial charge in [0.1, 0.15) is 11.5 Å². The summed E-state index contributed by atoms with van der Waals surface area (Å²) >= 11 is 3.43. The van der Waals surface area contributed by atoms with E-state index in [0.29, 0.717) is 11.7 Å². The Morgan fingerprint density at radius 2 is 1.67 bits per heavy atom. The van der Waals surface area contributed by atoms with Crippen LogP contribution in [0.3, 0.4) is 0 Å². The van der Waals surface area contributed by atoms with E-state index >= 15 is 0 Å². The van der Waals surface area contributed by atoms with Gasteiger partial charge in [0.05, 0.1) is 6.10 Å². The Balaban J connectivity index is 2.45. The largest absolute Gasteiger partial charge is 0.457 e. The van der Waals surface area contributed by atoms with Gasteiger partial charge in [-0.15, -0.1) is 0 Å². The van der Waals surface area contributed by atoms with Gasteiger partial charge in [-0.2, -0.15) is 0 Å². The summed E-state index contributed by atoms with van der Waals surface area (Å²) in [4.78, 5) is 0. The maximum atomic E-state index is 9.94. The predicted molar refractivity (Wildman–Crippen MR) is 90.1 cm³/mol. The zero-order chi connectivity index (χ0) is 15.6. The Morgan fingerprint density at radius 3 is 2.29 bits per heavy atom. The Kier molecular flexibility index (Phi) is 5.07. The number of rotatable bonds is 4. The molecule has 2 aromatic rings. The van der Waals surface area contributed by atoms with Crippen molar-refractivity contribution < 1.29 is 9.84 Å². The fraction of sp³-hybridized carbons (Fsp3) is 0.333. The van der Waals surface area contributed by atoms with Crippen molar-refractivity contribution in [3.8, 4) is 11.5 Å². The van der Waals surface area contributed by atoms with Crippen molar-refractivity contribution in [2.24, 2.45) is 0 Å². The third kappa shape index (κ3) is 3.86. The normalized spacial score (nSPS) is 12.5. The number of aliphatic hydroxyl groups is 1. The number of benzene rings is 2. The van der Waals surface area contributed by atoms with Crippen LogP contribution in [0.2, 0.25) is 0 Å². The molecule has 0 aromatic heterocycles. The first kappa shape index (κ1) is 16.1. The van der Waals surface area contributed by atoms with Crippen molar-refractivity contribution in [2.75, 3.05) is 0 Å². The molecule has 0 fully saturated rings. The zero-order valence-electron chi connectivity index (χ0n) is 12.9. The van der Waals surface area contributed by atoms with Crippen LogP contribution in [-0.2, 0) is 0 Å². The molecule has 2 nitrogen and oxygen atoms in total. The first-order chi connectivity index (χ1) is 9.88. The van der Waals surface area contributed by atoms with Gasteiger partial charge in [0.2, 0.25) is 0 Å². The van der Waals surface area contributed by atoms with Gasteiger partial charge in [-0.1, -0.05) is 41.9 Å². The lowest BCUT2D eigenvalue weighted by Gasteiger charge is -2.18. The van der Waals surface area contributed by atoms with E-state index in [0.717, 1.165) is 21.3 Å². The number of hydrogen-bond acceptors (Lipinski definition) is 2. The van der Waals surface area contributed by atoms with Crippen molar-refractivity contribution in [1.29, 1.82) is 0 Å². The highest BCUT2D eigenvalue weighted by molar-refractivity contribution is 9.10. The SMILES string of the molecule is Cc1ccc(C(C)C)c(Oc2ccc(Br)cc2C(C)O)c1. The Morgan fingerprint density at radius 1 is 0.952 bits per heavy atom. The second kappa shape index (κ2) is 6.63. The lowest BCUT2D eigenvalue weighted by Crippen LogP contribution is -1.99. The van der Waals surface area contributed by atoms with E-state index in [4.69, 9.17) is 4.74 Å². The molecule has 1 atom stereocenters. The predicted octanol–water partition coefficient (Wildman–Crippen LogP) is 5.73. The molecule has 0 heterocycles. The van der Waals surface area contributed by atoms with Gasteiger partial charge in [-0.05, 0) is 55.2 Å². The smallest absolute Gasteiger partial charge is 0.133 e. The molecule has 1 unspecified atom stereocenters. The maximum absolute atomic E-state index is 9.94. The van der Waals surface area contributed by atoms with E-state index in [9.17, 15) is 5.11 Å². The van der Waals surface area contributed by atoms with Gasteiger partial charge < -0.3 is 9.84 Å². The van der Waals surface area contributed by atoms with Gasteiger partial charge in [0.25, 0.3) is 0 Å². The topological polar surface area (TPSA) is 29.5 Å². The lowest BCUT2D eigenvalue weighted by atomic mass is 10.0. The van der Waals surface area contributed by atoms with Crippen molar-refractivity contribution in [1.82, 2.24) is 0 Å². The first-order valence-corrected chi connectivity index (χ1v) is 7.93. The quantitative estimate of drug-likeness (QED) is 0.764. The molecule has 2 aromatic carbocycles. The highest BCUT2D eigenvalue weighted by atomic mass is 79.9. The molecule has 0 radical (unpaired) electrons. The summed E-state index contributed by atoms with van der Waals surface area (Å²) < 4.78 is 7.05. The summed E-state index contributed by atoms with van der Waals surface area (Å²) in [6.45, 7) is 8.09. The monoisotopic (exact) mass is 348 g/mol. The fourth-order valence-electron chi connectivity index (χ4n) is 2.26. The lowest BCUT2D eigenvalue weighted by molar-refractivity contribution is 0.195. The summed E-state index contributed by atoms with van der Waals surface area (Å²) in [7, 11) is 0. The van der Waals surface area contributed by atoms with Crippen LogP contribution in [0.25, 0.3) is 0 Å². The van der Waals surface area contributed by atoms with Gasteiger partial charge >= 0.3 is 0 Å². The van der Waals surface area contributed by atoms with Gasteiger partial charge in [0.15, 0.2) is 0 Å². The van der Waals surface area contributed by atoms with Gasteiger partial charge in [0, 0.05) is 10.0 Å². The average molecular weight is 349 g/mol. The second-order valence-electron chi connectivity index (χ2n) is 5.66. The molecule has 112 valence electrons. The number of halogens is 1. The minimum Gasteiger partial charge on any atom is -0.457 e. The van der Waals surface area contributed by atoms with Crippen LogP contribution in [0.5, 0.6) is 11.5 Å². The molecule has 0 aliphatic heterocycles. The van der Waals surface area contributed by atoms with E-state index in [1.165, 1.54) is 5.56 Å². The summed E-state index contributed by atoms with van der Waals surface area (Å²) in [5.74, 6) is 1.93. The average Bonchev–Trinajstić information content (AvgIpc) is 2.40. The van der Waals surface area contributed by atoms with Crippen LogP contribution < -0.4 is 4.74 Å². The molecule has 0 aliphatic carbocycles. The number of hydrogen-bond donors (Lipinski definition) is 1. The van der Waals surface area contributed by atoms with Crippen molar-refractivity contribution in [3.05, 3.63) is 57.6 Å². The molecule has 0 bridgehead atoms. The molecule has 0 spiro atoms. The number of ether oxygens (including phenoxy) is 1. The Labute approximate surface area is 134 Å². The fourth-order valence-corrected chi connectivity index (χ4v) is 2.64. The molecule has 2 rings (SSSR count). The molecular weight excluding hydrogens is 328 g/mol. The molecule has 0 amide bonds. The number of aryl methyl sites for hydroxylation is 1. The van der Waals surface area contributed by atoms with E-state index in [-0.39, 0.29) is 0 Å². The highest BCUT2D eigenvalue weighted by Gasteiger charge is 2.14. The molecule has 0 aliphatic rings. The highest BCUT2D eigenvalue weighted by Crippen LogP contribution is 2.36. The molecule has 0 saturated carbocycles. The van der Waals surface area contributed by atoms with E-state index in [2.05, 4.69) is 41.9 Å². The van der Waals surface area contributed by atoms with Crippen LogP contribution >= 0.6 is 15.9 Å². The molecule has 3 heteroatoms. The third-order valence-corrected chi connectivity index (χ3v) is 3.93. The molecule has 1 N–H and O–H groups in total. The summed E-state index contributed by atoms with van der Waals surface area (Å²) in [6, 6.07) is 12.0. The minimum absolute atomic E-state index is 0.381. The van der Waals surface area contributed by atoms with Gasteiger partial charge in [-0.3, -0.25) is 0 Å². The Bertz CT molecular complexity index is 633. The third-order valence-electron chi connectivity index (χ3n) is 3.43. The molecular formula is C18H21BrO2. The maximum Gasteiger partial charge on any atom is 0.133 e. The van der Waals surface area contributed by atoms with Crippen LogP contribution in [-0.4, -0.2) is 5.11 Å². The van der Waals surface area contributed by atoms with Crippen LogP contribution in [0.15, 0.2) is 40.9 Å². The zero-order valence-corrected chi connectivity index (χ0v) is 14.4. The van der Waals surface area contributed by atoms with Crippen molar-refractivity contribution in [2.45, 2.75) is 39.7 Å². The molecule has 0 saturated heterocycles. The summed E-state index contributed by atoms with van der Waals surface area (Å²) in [6.07, 6.45) is -0.579. The van der Waals surface area contributed by atoms with E-state index in [1.807, 2.05) is 31.2 Å². The van der Waals surface area contributed by atoms with Crippen molar-refractivity contribution in [3.63, 3.8) is 0 Å². The standard InChI is InChI=1S/C18H21BrO2/c1-11(2)15-7-5-12(3)9-18(15)21-17-8-6-14(19)10-16(17)13(4)20/h5-11,13,20H,1-4H3. The molecule has 21 heavy (non-hydrogen) atoms. The van der Waals surface area contributed by atoms with Gasteiger partial charge in [-0.25, -0.2) is 0 Å². The van der Waals surface area contributed by atoms with Crippen molar-refractivity contribution >= 4 is 15.9 Å². The first-order valence-electron chi connectivity index (χ1n) is 7.14. The van der Waals surface area contributed by atoms with Crippen LogP contribution in [0, 0.1) is 6.92 Å². The van der Waals surface area contributed by atoms with E-state index < -0.39 is 6.10 Å². The van der Waals surface area contributed by atoms with Crippen LogP contribution in [0.1, 0.15) is 49.5 Å². The summed E-state index contributed by atoms with van der Waals surface area (Å²) in [5.41, 5.74) is 3.10. The summed E-state index contributed by atoms with van der Waals surface area (Å²) in [5, 5.41) is 9.94. The Hall–Kier alpha value is -1.32. The van der Waals surface area contributed by atoms with E-state index in [1.54, 1.807) is 6.92 Å².